The Hall–Kier alpha value is 1.40. The van der Waals surface area contributed by atoms with Gasteiger partial charge in [0.2, 0.25) is 0 Å². The minimum atomic E-state index is 1.34. The van der Waals surface area contributed by atoms with Crippen molar-refractivity contribution in [2.45, 2.75) is 51.4 Å². The summed E-state index contributed by atoms with van der Waals surface area (Å²) in [5.74, 6) is 2.68. The molecular weight excluding hydrogens is 272 g/mol. The third kappa shape index (κ3) is 15.4. The van der Waals surface area contributed by atoms with Gasteiger partial charge in [0.15, 0.2) is 0 Å². The normalized spacial score (nSPS) is 10.9. The Balaban J connectivity index is 2.83. The molecule has 0 N–H and O–H groups in total. The summed E-state index contributed by atoms with van der Waals surface area (Å²) in [5.41, 5.74) is 0. The summed E-state index contributed by atoms with van der Waals surface area (Å²) in [4.78, 5) is 0. The van der Waals surface area contributed by atoms with Crippen LogP contribution in [0.25, 0.3) is 0 Å². The lowest BCUT2D eigenvalue weighted by atomic mass is 10.1. The molecule has 0 aliphatic heterocycles. The zero-order valence-corrected chi connectivity index (χ0v) is 14.0. The number of hydrogen-bond acceptors (Lipinski definition) is 4. The Kier molecular flexibility index (Phi) is 17.8. The highest BCUT2D eigenvalue weighted by Crippen LogP contribution is 2.20. The van der Waals surface area contributed by atoms with Crippen molar-refractivity contribution >= 4 is 43.2 Å². The zero-order chi connectivity index (χ0) is 11.9. The van der Waals surface area contributed by atoms with Crippen molar-refractivity contribution in [3.63, 3.8) is 0 Å². The van der Waals surface area contributed by atoms with Crippen molar-refractivity contribution in [1.82, 2.24) is 0 Å². The van der Waals surface area contributed by atoms with Crippen molar-refractivity contribution < 1.29 is 0 Å². The molecule has 0 saturated carbocycles. The van der Waals surface area contributed by atoms with Gasteiger partial charge in [0.05, 0.1) is 0 Å². The summed E-state index contributed by atoms with van der Waals surface area (Å²) in [7, 11) is 7.79. The molecule has 98 valence electrons. The van der Waals surface area contributed by atoms with E-state index in [0.29, 0.717) is 0 Å². The highest BCUT2D eigenvalue weighted by molar-refractivity contribution is 8.76. The lowest BCUT2D eigenvalue weighted by Crippen LogP contribution is -1.83. The molecule has 0 fully saturated rings. The fourth-order valence-corrected chi connectivity index (χ4v) is 4.23. The van der Waals surface area contributed by atoms with Gasteiger partial charge >= 0.3 is 0 Å². The lowest BCUT2D eigenvalue weighted by Gasteiger charge is -2.01. The van der Waals surface area contributed by atoms with Crippen molar-refractivity contribution in [2.75, 3.05) is 24.0 Å². The minimum Gasteiger partial charge on any atom is -0.0976 e. The van der Waals surface area contributed by atoms with Crippen LogP contribution in [0.4, 0.5) is 0 Å². The summed E-state index contributed by atoms with van der Waals surface area (Å²) in [6, 6.07) is 0. The average Bonchev–Trinajstić information content (AvgIpc) is 2.31. The second kappa shape index (κ2) is 16.4. The Morgan fingerprint density at radius 3 is 1.12 bits per heavy atom. The van der Waals surface area contributed by atoms with Crippen molar-refractivity contribution in [1.29, 1.82) is 0 Å². The highest BCUT2D eigenvalue weighted by Gasteiger charge is 1.93. The van der Waals surface area contributed by atoms with Gasteiger partial charge in [-0.05, 0) is 25.4 Å². The molecule has 0 nitrogen and oxygen atoms in total. The third-order valence-electron chi connectivity index (χ3n) is 2.44. The Morgan fingerprint density at radius 2 is 0.812 bits per heavy atom. The van der Waals surface area contributed by atoms with E-state index in [4.69, 9.17) is 0 Å². The van der Waals surface area contributed by atoms with Crippen LogP contribution in [0, 0.1) is 0 Å². The predicted octanol–water partition coefficient (Wildman–Crippen LogP) is 6.13. The molecule has 0 saturated heterocycles. The van der Waals surface area contributed by atoms with Gasteiger partial charge in [-0.25, -0.2) is 0 Å². The van der Waals surface area contributed by atoms with E-state index in [0.717, 1.165) is 0 Å². The van der Waals surface area contributed by atoms with Crippen molar-refractivity contribution in [3.05, 3.63) is 0 Å². The maximum absolute atomic E-state index is 2.17. The maximum atomic E-state index is 2.17. The molecular formula is C12H26S4. The molecule has 0 spiro atoms. The summed E-state index contributed by atoms with van der Waals surface area (Å²) in [6.07, 6.45) is 15.9. The summed E-state index contributed by atoms with van der Waals surface area (Å²) in [5, 5.41) is 0. The first-order valence-corrected chi connectivity index (χ1v) is 11.7. The number of rotatable bonds is 13. The van der Waals surface area contributed by atoms with E-state index < -0.39 is 0 Å². The molecule has 0 bridgehead atoms. The van der Waals surface area contributed by atoms with Gasteiger partial charge in [0, 0.05) is 11.5 Å². The molecule has 0 aliphatic carbocycles. The fraction of sp³-hybridized carbons (Fsp3) is 1.00. The van der Waals surface area contributed by atoms with Crippen LogP contribution in [-0.2, 0) is 0 Å². The van der Waals surface area contributed by atoms with Gasteiger partial charge in [-0.15, -0.1) is 0 Å². The third-order valence-corrected chi connectivity index (χ3v) is 6.24. The first-order chi connectivity index (χ1) is 7.91. The first kappa shape index (κ1) is 17.4. The van der Waals surface area contributed by atoms with Crippen LogP contribution in [0.15, 0.2) is 0 Å². The van der Waals surface area contributed by atoms with E-state index in [2.05, 4.69) is 12.5 Å². The maximum Gasteiger partial charge on any atom is 0.00368 e. The quantitative estimate of drug-likeness (QED) is 0.296. The van der Waals surface area contributed by atoms with Gasteiger partial charge in [-0.2, -0.15) is 0 Å². The van der Waals surface area contributed by atoms with Crippen LogP contribution in [0.2, 0.25) is 0 Å². The number of hydrogen-bond donors (Lipinski definition) is 0. The van der Waals surface area contributed by atoms with Crippen LogP contribution < -0.4 is 0 Å². The van der Waals surface area contributed by atoms with Crippen LogP contribution >= 0.6 is 43.2 Å². The van der Waals surface area contributed by atoms with E-state index in [9.17, 15) is 0 Å². The molecule has 0 aliphatic rings. The van der Waals surface area contributed by atoms with E-state index in [-0.39, 0.29) is 0 Å². The molecule has 0 rings (SSSR count). The predicted molar refractivity (Wildman–Crippen MR) is 88.9 cm³/mol. The average molecular weight is 299 g/mol. The molecule has 0 aromatic heterocycles. The van der Waals surface area contributed by atoms with Gasteiger partial charge in [-0.3, -0.25) is 0 Å². The highest BCUT2D eigenvalue weighted by atomic mass is 33.1. The van der Waals surface area contributed by atoms with Crippen LogP contribution in [0.5, 0.6) is 0 Å². The molecule has 16 heavy (non-hydrogen) atoms. The van der Waals surface area contributed by atoms with Gasteiger partial charge in [0.1, 0.15) is 0 Å². The van der Waals surface area contributed by atoms with Gasteiger partial charge < -0.3 is 0 Å². The van der Waals surface area contributed by atoms with E-state index >= 15 is 0 Å². The number of unbranched alkanes of at least 4 members (excludes halogenated alkanes) is 7. The fourth-order valence-electron chi connectivity index (χ4n) is 1.55. The first-order valence-electron chi connectivity index (χ1n) is 6.23. The molecule has 0 aromatic rings. The van der Waals surface area contributed by atoms with Gasteiger partial charge in [0.25, 0.3) is 0 Å². The Bertz CT molecular complexity index is 106. The summed E-state index contributed by atoms with van der Waals surface area (Å²) in [6.45, 7) is 0. The molecule has 0 radical (unpaired) electrons. The van der Waals surface area contributed by atoms with Crippen molar-refractivity contribution in [2.24, 2.45) is 0 Å². The lowest BCUT2D eigenvalue weighted by molar-refractivity contribution is 0.588. The summed E-state index contributed by atoms with van der Waals surface area (Å²) < 4.78 is 0. The monoisotopic (exact) mass is 298 g/mol. The molecule has 0 amide bonds. The smallest absolute Gasteiger partial charge is 0.00368 e. The van der Waals surface area contributed by atoms with Crippen LogP contribution in [0.3, 0.4) is 0 Å². The minimum absolute atomic E-state index is 1.34. The summed E-state index contributed by atoms with van der Waals surface area (Å²) >= 11 is 0. The molecule has 0 heterocycles. The second-order valence-electron chi connectivity index (χ2n) is 3.81. The SMILES string of the molecule is CSSCCCCCCCCCCSSC. The molecule has 0 atom stereocenters. The topological polar surface area (TPSA) is 0 Å². The Morgan fingerprint density at radius 1 is 0.500 bits per heavy atom. The van der Waals surface area contributed by atoms with E-state index in [1.165, 1.54) is 62.9 Å². The molecule has 4 heteroatoms. The molecule has 0 aromatic carbocycles. The largest absolute Gasteiger partial charge is 0.0976 e. The van der Waals surface area contributed by atoms with Crippen molar-refractivity contribution in [3.8, 4) is 0 Å². The van der Waals surface area contributed by atoms with Gasteiger partial charge in [-0.1, -0.05) is 81.7 Å². The zero-order valence-electron chi connectivity index (χ0n) is 10.7. The van der Waals surface area contributed by atoms with Crippen LogP contribution in [-0.4, -0.2) is 24.0 Å². The van der Waals surface area contributed by atoms with E-state index in [1.807, 2.05) is 43.2 Å². The Labute approximate surface area is 118 Å². The molecule has 0 unspecified atom stereocenters. The standard InChI is InChI=1S/C12H26S4/c1-13-15-11-9-7-5-3-4-6-8-10-12-16-14-2/h3-12H2,1-2H3. The van der Waals surface area contributed by atoms with Crippen LogP contribution in [0.1, 0.15) is 51.4 Å². The van der Waals surface area contributed by atoms with E-state index in [1.54, 1.807) is 0 Å². The second-order valence-corrected chi connectivity index (χ2v) is 9.17.